The highest BCUT2D eigenvalue weighted by Crippen LogP contribution is 2.33. The van der Waals surface area contributed by atoms with Crippen LogP contribution in [0.25, 0.3) is 21.1 Å². The maximum atomic E-state index is 6.35. The van der Waals surface area contributed by atoms with E-state index >= 15 is 0 Å². The predicted octanol–water partition coefficient (Wildman–Crippen LogP) is 5.01. The van der Waals surface area contributed by atoms with E-state index in [9.17, 15) is 0 Å². The van der Waals surface area contributed by atoms with Gasteiger partial charge in [0.25, 0.3) is 0 Å². The first-order valence-electron chi connectivity index (χ1n) is 9.04. The molecule has 2 aromatic carbocycles. The van der Waals surface area contributed by atoms with Crippen LogP contribution in [0, 0.1) is 6.92 Å². The van der Waals surface area contributed by atoms with Gasteiger partial charge in [0.2, 0.25) is 0 Å². The van der Waals surface area contributed by atoms with Crippen molar-refractivity contribution in [3.8, 4) is 0 Å². The number of nitrogens with two attached hydrogens (primary N) is 1. The Morgan fingerprint density at radius 2 is 1.69 bits per heavy atom. The molecule has 142 valence electrons. The van der Waals surface area contributed by atoms with Crippen LogP contribution in [0.1, 0.15) is 5.69 Å². The lowest BCUT2D eigenvalue weighted by Gasteiger charge is -2.13. The summed E-state index contributed by atoms with van der Waals surface area (Å²) >= 11 is 1.55. The topological polar surface area (TPSA) is 102 Å². The van der Waals surface area contributed by atoms with Gasteiger partial charge in [0.15, 0.2) is 16.8 Å². The summed E-state index contributed by atoms with van der Waals surface area (Å²) in [5.41, 5.74) is 10.3. The van der Waals surface area contributed by atoms with Crippen molar-refractivity contribution in [2.24, 2.45) is 0 Å². The Morgan fingerprint density at radius 1 is 0.862 bits per heavy atom. The second-order valence-electron chi connectivity index (χ2n) is 6.55. The van der Waals surface area contributed by atoms with Crippen molar-refractivity contribution in [1.29, 1.82) is 0 Å². The number of hydrogen-bond acceptors (Lipinski definition) is 8. The highest BCUT2D eigenvalue weighted by Gasteiger charge is 2.12. The van der Waals surface area contributed by atoms with E-state index in [2.05, 4.69) is 30.6 Å². The number of benzene rings is 2. The molecule has 0 saturated heterocycles. The fourth-order valence-corrected chi connectivity index (χ4v) is 3.96. The predicted molar refractivity (Wildman–Crippen MR) is 119 cm³/mol. The molecule has 5 rings (SSSR count). The SMILES string of the molecule is Cc1ccc2cccc(Nc3ncnc(Nc4nc5ccccc5s4)c3N)c2n1. The van der Waals surface area contributed by atoms with Crippen LogP contribution in [0.15, 0.2) is 60.9 Å². The molecule has 0 spiro atoms. The van der Waals surface area contributed by atoms with Crippen molar-refractivity contribution >= 4 is 60.6 Å². The Hall–Kier alpha value is -3.78. The van der Waals surface area contributed by atoms with Gasteiger partial charge >= 0.3 is 0 Å². The van der Waals surface area contributed by atoms with Crippen LogP contribution in [0.2, 0.25) is 0 Å². The monoisotopic (exact) mass is 399 g/mol. The van der Waals surface area contributed by atoms with E-state index in [1.807, 2.05) is 61.5 Å². The average molecular weight is 399 g/mol. The van der Waals surface area contributed by atoms with Crippen molar-refractivity contribution in [2.45, 2.75) is 6.92 Å². The molecule has 3 aromatic heterocycles. The van der Waals surface area contributed by atoms with Crippen molar-refractivity contribution < 1.29 is 0 Å². The Kier molecular flexibility index (Phi) is 4.18. The molecule has 0 saturated carbocycles. The van der Waals surface area contributed by atoms with Gasteiger partial charge in [-0.25, -0.2) is 15.0 Å². The third kappa shape index (κ3) is 3.30. The quantitative estimate of drug-likeness (QED) is 0.390. The zero-order valence-corrected chi connectivity index (χ0v) is 16.4. The van der Waals surface area contributed by atoms with E-state index in [0.717, 1.165) is 37.6 Å². The van der Waals surface area contributed by atoms with Gasteiger partial charge in [0.1, 0.15) is 12.0 Å². The molecule has 0 aliphatic carbocycles. The summed E-state index contributed by atoms with van der Waals surface area (Å²) in [6.45, 7) is 1.97. The number of nitrogen functional groups attached to an aromatic ring is 1. The van der Waals surface area contributed by atoms with E-state index in [-0.39, 0.29) is 0 Å². The molecule has 8 heteroatoms. The maximum Gasteiger partial charge on any atom is 0.189 e. The van der Waals surface area contributed by atoms with Crippen molar-refractivity contribution in [3.63, 3.8) is 0 Å². The zero-order valence-electron chi connectivity index (χ0n) is 15.5. The molecular formula is C21H17N7S. The van der Waals surface area contributed by atoms with E-state index in [1.54, 1.807) is 11.3 Å². The fraction of sp³-hybridized carbons (Fsp3) is 0.0476. The van der Waals surface area contributed by atoms with Crippen LogP contribution in [-0.4, -0.2) is 19.9 Å². The summed E-state index contributed by atoms with van der Waals surface area (Å²) in [6.07, 6.45) is 1.47. The Labute approximate surface area is 170 Å². The lowest BCUT2D eigenvalue weighted by atomic mass is 10.1. The second kappa shape index (κ2) is 6.99. The summed E-state index contributed by atoms with van der Waals surface area (Å²) in [7, 11) is 0. The normalized spacial score (nSPS) is 11.1. The number of nitrogens with one attached hydrogen (secondary N) is 2. The standard InChI is InChI=1S/C21H17N7S/c1-12-9-10-13-5-4-7-15(18(13)25-12)26-19-17(22)20(24-11-23-19)28-21-27-14-6-2-3-8-16(14)29-21/h2-11H,22H2,1H3,(H2,23,24,26,27,28). The molecule has 5 aromatic rings. The number of aromatic nitrogens is 4. The van der Waals surface area contributed by atoms with Gasteiger partial charge in [0.05, 0.1) is 21.4 Å². The number of fused-ring (bicyclic) bond motifs is 2. The molecule has 0 atom stereocenters. The molecule has 0 aliphatic rings. The van der Waals surface area contributed by atoms with Crippen molar-refractivity contribution in [3.05, 3.63) is 66.6 Å². The summed E-state index contributed by atoms with van der Waals surface area (Å²) in [6, 6.07) is 18.0. The molecule has 0 unspecified atom stereocenters. The summed E-state index contributed by atoms with van der Waals surface area (Å²) in [5.74, 6) is 1.02. The second-order valence-corrected chi connectivity index (χ2v) is 7.58. The third-order valence-electron chi connectivity index (χ3n) is 4.52. The summed E-state index contributed by atoms with van der Waals surface area (Å²) in [5, 5.41) is 8.28. The van der Waals surface area contributed by atoms with Crippen molar-refractivity contribution in [2.75, 3.05) is 16.4 Å². The number of pyridine rings is 1. The molecular weight excluding hydrogens is 382 g/mol. The molecule has 0 radical (unpaired) electrons. The summed E-state index contributed by atoms with van der Waals surface area (Å²) < 4.78 is 1.10. The van der Waals surface area contributed by atoms with Crippen molar-refractivity contribution in [1.82, 2.24) is 19.9 Å². The minimum atomic E-state index is 0.413. The lowest BCUT2D eigenvalue weighted by molar-refractivity contribution is 1.17. The van der Waals surface area contributed by atoms with Crippen LogP contribution in [0.3, 0.4) is 0 Å². The number of rotatable bonds is 4. The maximum absolute atomic E-state index is 6.35. The number of hydrogen-bond donors (Lipinski definition) is 3. The van der Waals surface area contributed by atoms with Gasteiger partial charge in [0, 0.05) is 11.1 Å². The van der Waals surface area contributed by atoms with Gasteiger partial charge in [-0.05, 0) is 31.2 Å². The molecule has 0 aliphatic heterocycles. The van der Waals surface area contributed by atoms with Gasteiger partial charge in [-0.15, -0.1) is 0 Å². The van der Waals surface area contributed by atoms with Gasteiger partial charge in [-0.2, -0.15) is 0 Å². The molecule has 0 fully saturated rings. The third-order valence-corrected chi connectivity index (χ3v) is 5.47. The first-order valence-corrected chi connectivity index (χ1v) is 9.85. The zero-order chi connectivity index (χ0) is 19.8. The Balaban J connectivity index is 1.49. The number of aryl methyl sites for hydroxylation is 1. The molecule has 0 bridgehead atoms. The molecule has 7 nitrogen and oxygen atoms in total. The number of nitrogens with zero attached hydrogens (tertiary/aromatic N) is 4. The molecule has 0 amide bonds. The van der Waals surface area contributed by atoms with Crippen LogP contribution in [-0.2, 0) is 0 Å². The number of thiazole rings is 1. The Bertz CT molecular complexity index is 1310. The highest BCUT2D eigenvalue weighted by molar-refractivity contribution is 7.22. The Morgan fingerprint density at radius 3 is 2.55 bits per heavy atom. The smallest absolute Gasteiger partial charge is 0.189 e. The lowest BCUT2D eigenvalue weighted by Crippen LogP contribution is -2.05. The minimum absolute atomic E-state index is 0.413. The van der Waals surface area contributed by atoms with E-state index < -0.39 is 0 Å². The number of anilines is 5. The highest BCUT2D eigenvalue weighted by atomic mass is 32.1. The van der Waals surface area contributed by atoms with Crippen LogP contribution < -0.4 is 16.4 Å². The van der Waals surface area contributed by atoms with Crippen LogP contribution >= 0.6 is 11.3 Å². The largest absolute Gasteiger partial charge is 0.393 e. The number of para-hydroxylation sites is 2. The van der Waals surface area contributed by atoms with Crippen LogP contribution in [0.4, 0.5) is 28.1 Å². The molecule has 3 heterocycles. The van der Waals surface area contributed by atoms with Gasteiger partial charge in [-0.1, -0.05) is 41.7 Å². The molecule has 29 heavy (non-hydrogen) atoms. The summed E-state index contributed by atoms with van der Waals surface area (Å²) in [4.78, 5) is 17.8. The average Bonchev–Trinajstić information content (AvgIpc) is 3.14. The van der Waals surface area contributed by atoms with E-state index in [4.69, 9.17) is 5.73 Å². The fourth-order valence-electron chi connectivity index (χ4n) is 3.09. The van der Waals surface area contributed by atoms with Gasteiger partial charge < -0.3 is 16.4 Å². The van der Waals surface area contributed by atoms with Gasteiger partial charge in [-0.3, -0.25) is 4.98 Å². The van der Waals surface area contributed by atoms with E-state index in [0.29, 0.717) is 17.3 Å². The first-order chi connectivity index (χ1) is 14.2. The van der Waals surface area contributed by atoms with E-state index in [1.165, 1.54) is 6.33 Å². The molecule has 4 N–H and O–H groups in total. The first kappa shape index (κ1) is 17.3. The minimum Gasteiger partial charge on any atom is -0.393 e. The van der Waals surface area contributed by atoms with Crippen LogP contribution in [0.5, 0.6) is 0 Å².